The summed E-state index contributed by atoms with van der Waals surface area (Å²) < 4.78 is 11.1. The van der Waals surface area contributed by atoms with E-state index in [-0.39, 0.29) is 5.60 Å². The van der Waals surface area contributed by atoms with Crippen LogP contribution in [0.15, 0.2) is 0 Å². The summed E-state index contributed by atoms with van der Waals surface area (Å²) in [5.74, 6) is 2.53. The number of alkyl halides is 1. The molecule has 16 heavy (non-hydrogen) atoms. The molecule has 2 bridgehead atoms. The van der Waals surface area contributed by atoms with E-state index in [4.69, 9.17) is 4.74 Å². The predicted molar refractivity (Wildman–Crippen MR) is 65.4 cm³/mol. The molecule has 3 nitrogen and oxygen atoms in total. The summed E-state index contributed by atoms with van der Waals surface area (Å²) in [7, 11) is 1.40. The number of halogens is 1. The minimum Gasteiger partial charge on any atom is -0.438 e. The van der Waals surface area contributed by atoms with E-state index in [9.17, 15) is 4.79 Å². The molecule has 6 atom stereocenters. The van der Waals surface area contributed by atoms with E-state index in [1.807, 2.05) is 0 Å². The van der Waals surface area contributed by atoms with Crippen molar-refractivity contribution in [2.75, 3.05) is 7.11 Å². The van der Waals surface area contributed by atoms with E-state index in [1.54, 1.807) is 0 Å². The van der Waals surface area contributed by atoms with Crippen LogP contribution in [0.2, 0.25) is 0 Å². The van der Waals surface area contributed by atoms with Gasteiger partial charge in [0.25, 0.3) is 0 Å². The summed E-state index contributed by atoms with van der Waals surface area (Å²) in [5, 5.41) is 0. The average molecular weight is 334 g/mol. The second-order valence-corrected chi connectivity index (χ2v) is 7.44. The van der Waals surface area contributed by atoms with Crippen molar-refractivity contribution < 1.29 is 14.3 Å². The topological polar surface area (TPSA) is 35.5 Å². The van der Waals surface area contributed by atoms with Crippen molar-refractivity contribution >= 4 is 28.7 Å². The summed E-state index contributed by atoms with van der Waals surface area (Å²) in [6.45, 7) is 0. The normalized spacial score (nSPS) is 59.6. The number of fused-ring (bicyclic) bond motifs is 1. The second kappa shape index (κ2) is 2.70. The first kappa shape index (κ1) is 9.97. The lowest BCUT2D eigenvalue weighted by atomic mass is 9.83. The molecule has 4 heteroatoms. The number of rotatable bonds is 1. The van der Waals surface area contributed by atoms with Crippen molar-refractivity contribution in [1.29, 1.82) is 0 Å². The first-order valence-electron chi connectivity index (χ1n) is 6.03. The van der Waals surface area contributed by atoms with Crippen LogP contribution < -0.4 is 0 Å². The molecule has 0 saturated heterocycles. The first-order chi connectivity index (χ1) is 7.62. The van der Waals surface area contributed by atoms with Gasteiger partial charge in [-0.1, -0.05) is 22.6 Å². The minimum absolute atomic E-state index is 0.121. The van der Waals surface area contributed by atoms with Crippen molar-refractivity contribution in [2.24, 2.45) is 23.2 Å². The van der Waals surface area contributed by atoms with Crippen LogP contribution in [0.25, 0.3) is 0 Å². The summed E-state index contributed by atoms with van der Waals surface area (Å²) >= 11 is 2.62. The third-order valence-electron chi connectivity index (χ3n) is 5.66. The molecule has 6 unspecified atom stereocenters. The highest BCUT2D eigenvalue weighted by Gasteiger charge is 2.85. The molecule has 0 aromatic carbocycles. The molecule has 0 N–H and O–H groups in total. The fraction of sp³-hybridized carbons (Fsp3) is 0.917. The Kier molecular flexibility index (Phi) is 1.68. The zero-order chi connectivity index (χ0) is 11.1. The predicted octanol–water partition coefficient (Wildman–Crippen LogP) is 2.76. The highest BCUT2D eigenvalue weighted by molar-refractivity contribution is 14.1. The van der Waals surface area contributed by atoms with Gasteiger partial charge in [-0.05, 0) is 43.4 Å². The van der Waals surface area contributed by atoms with Crippen LogP contribution in [0.4, 0.5) is 4.79 Å². The van der Waals surface area contributed by atoms with E-state index in [2.05, 4.69) is 27.3 Å². The molecule has 0 aromatic rings. The molecule has 0 aromatic heterocycles. The van der Waals surface area contributed by atoms with Crippen LogP contribution in [0.3, 0.4) is 0 Å². The third-order valence-corrected chi connectivity index (χ3v) is 7.60. The Labute approximate surface area is 108 Å². The van der Waals surface area contributed by atoms with E-state index >= 15 is 0 Å². The van der Waals surface area contributed by atoms with E-state index in [0.29, 0.717) is 5.41 Å². The van der Waals surface area contributed by atoms with Crippen LogP contribution in [0.1, 0.15) is 25.7 Å². The van der Waals surface area contributed by atoms with Gasteiger partial charge >= 0.3 is 6.16 Å². The van der Waals surface area contributed by atoms with Gasteiger partial charge < -0.3 is 9.47 Å². The van der Waals surface area contributed by atoms with Crippen molar-refractivity contribution in [2.45, 2.75) is 35.2 Å². The van der Waals surface area contributed by atoms with Crippen molar-refractivity contribution in [3.63, 3.8) is 0 Å². The number of methoxy groups -OCH3 is 1. The van der Waals surface area contributed by atoms with E-state index in [0.717, 1.165) is 34.5 Å². The lowest BCUT2D eigenvalue weighted by Gasteiger charge is -2.26. The summed E-state index contributed by atoms with van der Waals surface area (Å²) in [6, 6.07) is 0. The summed E-state index contributed by atoms with van der Waals surface area (Å²) in [5.41, 5.74) is 0.252. The lowest BCUT2D eigenvalue weighted by molar-refractivity contribution is 0.0114. The second-order valence-electron chi connectivity index (χ2n) is 6.00. The molecule has 4 aliphatic rings. The molecule has 0 radical (unpaired) electrons. The average Bonchev–Trinajstić information content (AvgIpc) is 2.58. The van der Waals surface area contributed by atoms with Gasteiger partial charge in [-0.3, -0.25) is 0 Å². The Hall–Kier alpha value is 0. The Bertz CT molecular complexity index is 384. The quantitative estimate of drug-likeness (QED) is 0.420. The highest BCUT2D eigenvalue weighted by atomic mass is 127. The van der Waals surface area contributed by atoms with Gasteiger partial charge in [-0.25, -0.2) is 4.79 Å². The maximum Gasteiger partial charge on any atom is 0.508 e. The Morgan fingerprint density at radius 3 is 2.88 bits per heavy atom. The molecule has 1 spiro atoms. The van der Waals surface area contributed by atoms with Gasteiger partial charge in [0.2, 0.25) is 0 Å². The van der Waals surface area contributed by atoms with Gasteiger partial charge in [-0.2, -0.15) is 0 Å². The van der Waals surface area contributed by atoms with Gasteiger partial charge in [0.1, 0.15) is 5.60 Å². The first-order valence-corrected chi connectivity index (χ1v) is 7.27. The van der Waals surface area contributed by atoms with Crippen LogP contribution in [-0.4, -0.2) is 22.8 Å². The Morgan fingerprint density at radius 1 is 1.44 bits per heavy atom. The molecule has 0 aliphatic heterocycles. The summed E-state index contributed by atoms with van der Waals surface area (Å²) in [4.78, 5) is 11.3. The van der Waals surface area contributed by atoms with Crippen molar-refractivity contribution in [3.8, 4) is 0 Å². The molecule has 4 rings (SSSR count). The van der Waals surface area contributed by atoms with Crippen molar-refractivity contribution in [3.05, 3.63) is 0 Å². The summed E-state index contributed by atoms with van der Waals surface area (Å²) in [6.07, 6.45) is 4.39. The van der Waals surface area contributed by atoms with Gasteiger partial charge in [0.05, 0.1) is 7.11 Å². The van der Waals surface area contributed by atoms with Gasteiger partial charge in [0.15, 0.2) is 0 Å². The molecule has 0 heterocycles. The van der Waals surface area contributed by atoms with Gasteiger partial charge in [0, 0.05) is 9.34 Å². The zero-order valence-electron chi connectivity index (χ0n) is 9.24. The fourth-order valence-electron chi connectivity index (χ4n) is 5.14. The highest BCUT2D eigenvalue weighted by Crippen LogP contribution is 2.84. The molecule has 4 fully saturated rings. The Balaban J connectivity index is 1.65. The van der Waals surface area contributed by atoms with E-state index in [1.165, 1.54) is 20.0 Å². The van der Waals surface area contributed by atoms with E-state index < -0.39 is 6.16 Å². The molecule has 0 amide bonds. The van der Waals surface area contributed by atoms with Crippen LogP contribution in [-0.2, 0) is 9.47 Å². The van der Waals surface area contributed by atoms with Crippen LogP contribution in [0, 0.1) is 23.2 Å². The standard InChI is InChI=1S/C12H15IO3/c1-15-10(14)16-12-4-7-8-2-6(9(7)13)3-11(8,12)5-12/h6-9H,2-5H2,1H3. The number of carbonyl (C=O) groups is 1. The fourth-order valence-corrected chi connectivity index (χ4v) is 6.44. The molecular weight excluding hydrogens is 319 g/mol. The van der Waals surface area contributed by atoms with Crippen molar-refractivity contribution in [1.82, 2.24) is 0 Å². The number of hydrogen-bond donors (Lipinski definition) is 0. The lowest BCUT2D eigenvalue weighted by Crippen LogP contribution is -2.25. The molecule has 4 saturated carbocycles. The van der Waals surface area contributed by atoms with Crippen LogP contribution >= 0.6 is 22.6 Å². The maximum atomic E-state index is 11.3. The molecule has 4 aliphatic carbocycles. The number of hydrogen-bond acceptors (Lipinski definition) is 3. The Morgan fingerprint density at radius 2 is 2.25 bits per heavy atom. The van der Waals surface area contributed by atoms with Gasteiger partial charge in [-0.15, -0.1) is 0 Å². The maximum absolute atomic E-state index is 11.3. The zero-order valence-corrected chi connectivity index (χ0v) is 11.4. The molecular formula is C12H15IO3. The van der Waals surface area contributed by atoms with Crippen LogP contribution in [0.5, 0.6) is 0 Å². The smallest absolute Gasteiger partial charge is 0.438 e. The number of ether oxygens (including phenoxy) is 2. The number of carbonyl (C=O) groups excluding carboxylic acids is 1. The molecule has 88 valence electrons. The third kappa shape index (κ3) is 0.875. The largest absolute Gasteiger partial charge is 0.508 e. The SMILES string of the molecule is COC(=O)OC12CC3C(I)C4CC3C1(C4)C2. The minimum atomic E-state index is -0.480. The monoisotopic (exact) mass is 334 g/mol.